The summed E-state index contributed by atoms with van der Waals surface area (Å²) in [6.07, 6.45) is 3.88. The molecule has 0 nitrogen and oxygen atoms in total. The van der Waals surface area contributed by atoms with Crippen LogP contribution in [0, 0.1) is 0 Å². The lowest BCUT2D eigenvalue weighted by Gasteiger charge is -2.21. The summed E-state index contributed by atoms with van der Waals surface area (Å²) < 4.78 is 0. The van der Waals surface area contributed by atoms with E-state index in [1.165, 1.54) is 26.5 Å². The molecule has 0 aliphatic carbocycles. The molecule has 1 aliphatic heterocycles. The Bertz CT molecular complexity index is 656. The third-order valence-electron chi connectivity index (χ3n) is 2.91. The van der Waals surface area contributed by atoms with E-state index in [9.17, 15) is 0 Å². The number of rotatable bonds is 1. The maximum atomic E-state index is 6.11. The average molecular weight is 271 g/mol. The molecule has 2 heteroatoms. The second kappa shape index (κ2) is 4.68. The summed E-state index contributed by atoms with van der Waals surface area (Å²) in [6.45, 7) is 3.81. The Labute approximate surface area is 116 Å². The van der Waals surface area contributed by atoms with Gasteiger partial charge in [0.25, 0.3) is 0 Å². The van der Waals surface area contributed by atoms with Crippen molar-refractivity contribution in [3.05, 3.63) is 77.3 Å². The summed E-state index contributed by atoms with van der Waals surface area (Å²) >= 11 is 7.89. The van der Waals surface area contributed by atoms with Crippen molar-refractivity contribution >= 4 is 28.9 Å². The molecular weight excluding hydrogens is 260 g/mol. The summed E-state index contributed by atoms with van der Waals surface area (Å²) in [7, 11) is 0. The first-order chi connectivity index (χ1) is 8.79. The fourth-order valence-electron chi connectivity index (χ4n) is 2.14. The van der Waals surface area contributed by atoms with E-state index in [2.05, 4.69) is 36.9 Å². The Morgan fingerprint density at radius 3 is 2.61 bits per heavy atom. The highest BCUT2D eigenvalue weighted by Gasteiger charge is 2.20. The van der Waals surface area contributed by atoms with Gasteiger partial charge < -0.3 is 0 Å². The average Bonchev–Trinajstić information content (AvgIpc) is 2.39. The van der Waals surface area contributed by atoms with Gasteiger partial charge in [0.1, 0.15) is 0 Å². The fourth-order valence-corrected chi connectivity index (χ4v) is 3.40. The van der Waals surface area contributed by atoms with Crippen molar-refractivity contribution in [3.8, 4) is 0 Å². The Morgan fingerprint density at radius 1 is 1.00 bits per heavy atom. The minimum absolute atomic E-state index is 0.767. The van der Waals surface area contributed by atoms with Gasteiger partial charge in [0.15, 0.2) is 0 Å². The highest BCUT2D eigenvalue weighted by molar-refractivity contribution is 7.99. The molecule has 2 aromatic rings. The predicted molar refractivity (Wildman–Crippen MR) is 79.3 cm³/mol. The van der Waals surface area contributed by atoms with Crippen molar-refractivity contribution in [2.45, 2.75) is 9.79 Å². The first-order valence-electron chi connectivity index (χ1n) is 5.69. The van der Waals surface area contributed by atoms with Gasteiger partial charge in [0.2, 0.25) is 0 Å². The minimum atomic E-state index is 0.767. The van der Waals surface area contributed by atoms with Crippen LogP contribution in [0.15, 0.2) is 71.0 Å². The summed E-state index contributed by atoms with van der Waals surface area (Å²) in [5, 5.41) is 0.767. The third-order valence-corrected chi connectivity index (χ3v) is 4.30. The zero-order valence-electron chi connectivity index (χ0n) is 9.69. The Hall–Kier alpha value is -1.44. The summed E-state index contributed by atoms with van der Waals surface area (Å²) in [6, 6.07) is 14.5. The lowest BCUT2D eigenvalue weighted by molar-refractivity contribution is 1.29. The lowest BCUT2D eigenvalue weighted by Crippen LogP contribution is -1.98. The van der Waals surface area contributed by atoms with Crippen LogP contribution in [0.4, 0.5) is 0 Å². The maximum absolute atomic E-state index is 6.11. The topological polar surface area (TPSA) is 0 Å². The monoisotopic (exact) mass is 270 g/mol. The van der Waals surface area contributed by atoms with E-state index >= 15 is 0 Å². The summed E-state index contributed by atoms with van der Waals surface area (Å²) in [4.78, 5) is 2.52. The number of hydrogen-bond donors (Lipinski definition) is 0. The molecule has 0 atom stereocenters. The molecule has 3 rings (SSSR count). The Balaban J connectivity index is 2.28. The maximum Gasteiger partial charge on any atom is 0.0412 e. The van der Waals surface area contributed by atoms with Gasteiger partial charge in [-0.1, -0.05) is 60.3 Å². The molecule has 88 valence electrons. The molecule has 0 fully saturated rings. The fraction of sp³-hybridized carbons (Fsp3) is 0. The highest BCUT2D eigenvalue weighted by Crippen LogP contribution is 2.45. The van der Waals surface area contributed by atoms with Crippen LogP contribution < -0.4 is 0 Å². The number of fused-ring (bicyclic) bond motifs is 2. The van der Waals surface area contributed by atoms with Crippen LogP contribution in [0.1, 0.15) is 11.1 Å². The van der Waals surface area contributed by atoms with E-state index in [1.807, 2.05) is 24.3 Å². The molecule has 0 radical (unpaired) electrons. The van der Waals surface area contributed by atoms with Gasteiger partial charge in [0.05, 0.1) is 0 Å². The van der Waals surface area contributed by atoms with Gasteiger partial charge in [-0.15, -0.1) is 0 Å². The zero-order valence-corrected chi connectivity index (χ0v) is 11.3. The van der Waals surface area contributed by atoms with E-state index < -0.39 is 0 Å². The van der Waals surface area contributed by atoms with E-state index in [4.69, 9.17) is 11.6 Å². The van der Waals surface area contributed by atoms with Gasteiger partial charge in [0, 0.05) is 14.8 Å². The van der Waals surface area contributed by atoms with E-state index in [-0.39, 0.29) is 0 Å². The lowest BCUT2D eigenvalue weighted by atomic mass is 9.97. The molecule has 2 aromatic carbocycles. The van der Waals surface area contributed by atoms with Crippen LogP contribution in [0.3, 0.4) is 0 Å². The third kappa shape index (κ3) is 1.90. The smallest absolute Gasteiger partial charge is 0.0412 e. The predicted octanol–water partition coefficient (Wildman–Crippen LogP) is 5.42. The normalized spacial score (nSPS) is 15.1. The molecule has 0 N–H and O–H groups in total. The minimum Gasteiger partial charge on any atom is -0.0990 e. The molecule has 1 aliphatic rings. The number of halogens is 1. The highest BCUT2D eigenvalue weighted by atomic mass is 35.5. The van der Waals surface area contributed by atoms with Gasteiger partial charge in [-0.2, -0.15) is 0 Å². The van der Waals surface area contributed by atoms with Crippen LogP contribution >= 0.6 is 23.4 Å². The zero-order chi connectivity index (χ0) is 12.5. The van der Waals surface area contributed by atoms with Crippen molar-refractivity contribution in [2.24, 2.45) is 0 Å². The largest absolute Gasteiger partial charge is 0.0990 e. The van der Waals surface area contributed by atoms with E-state index in [0.29, 0.717) is 0 Å². The van der Waals surface area contributed by atoms with Crippen molar-refractivity contribution in [1.29, 1.82) is 0 Å². The van der Waals surface area contributed by atoms with E-state index in [1.54, 1.807) is 11.8 Å². The standard InChI is InChI=1S/C16H11ClS/c1-2-5-12-13-6-3-4-7-15(13)18-16-9-8-11(17)10-14(12)16/h2-10H,1H2/b12-5-. The second-order valence-electron chi connectivity index (χ2n) is 4.05. The molecule has 1 heterocycles. The SMILES string of the molecule is C=C/C=C1/c2ccccc2Sc2ccc(Cl)cc21. The molecule has 18 heavy (non-hydrogen) atoms. The molecule has 0 amide bonds. The Kier molecular flexibility index (Phi) is 3.02. The molecular formula is C16H11ClS. The quantitative estimate of drug-likeness (QED) is 0.569. The first-order valence-corrected chi connectivity index (χ1v) is 6.89. The van der Waals surface area contributed by atoms with Crippen LogP contribution in [-0.4, -0.2) is 0 Å². The molecule has 0 spiro atoms. The van der Waals surface area contributed by atoms with Crippen molar-refractivity contribution in [1.82, 2.24) is 0 Å². The van der Waals surface area contributed by atoms with Crippen molar-refractivity contribution in [3.63, 3.8) is 0 Å². The van der Waals surface area contributed by atoms with Crippen LogP contribution in [0.25, 0.3) is 5.57 Å². The van der Waals surface area contributed by atoms with Gasteiger partial charge in [-0.25, -0.2) is 0 Å². The number of allylic oxidation sites excluding steroid dienone is 2. The Morgan fingerprint density at radius 2 is 1.78 bits per heavy atom. The number of benzene rings is 2. The van der Waals surface area contributed by atoms with Crippen LogP contribution in [-0.2, 0) is 0 Å². The first kappa shape index (κ1) is 11.6. The van der Waals surface area contributed by atoms with Crippen LogP contribution in [0.5, 0.6) is 0 Å². The van der Waals surface area contributed by atoms with Gasteiger partial charge in [-0.05, 0) is 41.0 Å². The molecule has 0 bridgehead atoms. The molecule has 0 saturated carbocycles. The summed E-state index contributed by atoms with van der Waals surface area (Å²) in [5.41, 5.74) is 3.63. The molecule has 0 saturated heterocycles. The van der Waals surface area contributed by atoms with Crippen LogP contribution in [0.2, 0.25) is 5.02 Å². The van der Waals surface area contributed by atoms with Crippen molar-refractivity contribution < 1.29 is 0 Å². The van der Waals surface area contributed by atoms with Crippen molar-refractivity contribution in [2.75, 3.05) is 0 Å². The second-order valence-corrected chi connectivity index (χ2v) is 5.57. The molecule has 0 unspecified atom stereocenters. The summed E-state index contributed by atoms with van der Waals surface area (Å²) in [5.74, 6) is 0. The molecule has 0 aromatic heterocycles. The number of hydrogen-bond acceptors (Lipinski definition) is 1. The van der Waals surface area contributed by atoms with Gasteiger partial charge >= 0.3 is 0 Å². The van der Waals surface area contributed by atoms with Gasteiger partial charge in [-0.3, -0.25) is 0 Å². The van der Waals surface area contributed by atoms with E-state index in [0.717, 1.165) is 5.02 Å².